The van der Waals surface area contributed by atoms with E-state index in [4.69, 9.17) is 14.2 Å². The smallest absolute Gasteiger partial charge is 0.0985 e. The number of likely N-dealkylation sites (tertiary alicyclic amines) is 1. The molecule has 5 heteroatoms. The highest BCUT2D eigenvalue weighted by Crippen LogP contribution is 2.42. The molecule has 1 unspecified atom stereocenters. The van der Waals surface area contributed by atoms with Crippen molar-refractivity contribution in [3.8, 4) is 0 Å². The van der Waals surface area contributed by atoms with Gasteiger partial charge in [0.1, 0.15) is 0 Å². The van der Waals surface area contributed by atoms with E-state index in [1.54, 1.807) is 0 Å². The first kappa shape index (κ1) is 15.5. The fourth-order valence-electron chi connectivity index (χ4n) is 4.11. The molecule has 0 bridgehead atoms. The van der Waals surface area contributed by atoms with Crippen LogP contribution in [-0.4, -0.2) is 61.0 Å². The van der Waals surface area contributed by atoms with Gasteiger partial charge < -0.3 is 14.2 Å². The first-order valence-electron chi connectivity index (χ1n) is 8.79. The van der Waals surface area contributed by atoms with E-state index < -0.39 is 0 Å². The molecule has 0 N–H and O–H groups in total. The Labute approximate surface area is 137 Å². The monoisotopic (exact) mass is 318 g/mol. The number of nitrogens with zero attached hydrogens (tertiary/aromatic N) is 2. The normalized spacial score (nSPS) is 28.1. The van der Waals surface area contributed by atoms with Crippen molar-refractivity contribution in [1.29, 1.82) is 0 Å². The summed E-state index contributed by atoms with van der Waals surface area (Å²) in [5, 5.41) is 0. The molecule has 0 radical (unpaired) electrons. The molecule has 3 aliphatic heterocycles. The maximum absolute atomic E-state index is 6.14. The van der Waals surface area contributed by atoms with Gasteiger partial charge in [0.2, 0.25) is 0 Å². The van der Waals surface area contributed by atoms with Crippen LogP contribution in [0.25, 0.3) is 0 Å². The quantitative estimate of drug-likeness (QED) is 0.829. The summed E-state index contributed by atoms with van der Waals surface area (Å²) in [7, 11) is 0. The zero-order chi connectivity index (χ0) is 15.5. The highest BCUT2D eigenvalue weighted by molar-refractivity contribution is 5.07. The van der Waals surface area contributed by atoms with E-state index in [-0.39, 0.29) is 5.60 Å². The van der Waals surface area contributed by atoms with Crippen molar-refractivity contribution in [1.82, 2.24) is 9.88 Å². The van der Waals surface area contributed by atoms with Crippen molar-refractivity contribution < 1.29 is 14.2 Å². The summed E-state index contributed by atoms with van der Waals surface area (Å²) in [5.41, 5.74) is 1.04. The molecule has 126 valence electrons. The van der Waals surface area contributed by atoms with Gasteiger partial charge in [-0.3, -0.25) is 9.88 Å². The van der Waals surface area contributed by atoms with Gasteiger partial charge in [0.05, 0.1) is 24.5 Å². The first-order valence-corrected chi connectivity index (χ1v) is 8.79. The first-order chi connectivity index (χ1) is 11.4. The molecule has 0 aliphatic carbocycles. The Bertz CT molecular complexity index is 498. The Morgan fingerprint density at radius 1 is 1.17 bits per heavy atom. The molecule has 0 saturated carbocycles. The molecule has 5 nitrogen and oxygen atoms in total. The number of hydrogen-bond acceptors (Lipinski definition) is 5. The van der Waals surface area contributed by atoms with Crippen LogP contribution >= 0.6 is 0 Å². The van der Waals surface area contributed by atoms with Gasteiger partial charge >= 0.3 is 0 Å². The number of hydrogen-bond donors (Lipinski definition) is 0. The Morgan fingerprint density at radius 3 is 2.83 bits per heavy atom. The third-order valence-corrected chi connectivity index (χ3v) is 5.54. The van der Waals surface area contributed by atoms with Gasteiger partial charge in [-0.15, -0.1) is 0 Å². The molecular weight excluding hydrogens is 292 g/mol. The highest BCUT2D eigenvalue weighted by Gasteiger charge is 2.54. The van der Waals surface area contributed by atoms with Crippen LogP contribution in [0.15, 0.2) is 24.4 Å². The van der Waals surface area contributed by atoms with Crippen LogP contribution in [0, 0.1) is 5.92 Å². The van der Waals surface area contributed by atoms with Crippen molar-refractivity contribution in [2.45, 2.75) is 37.5 Å². The van der Waals surface area contributed by atoms with Crippen LogP contribution in [0.1, 0.15) is 25.0 Å². The lowest BCUT2D eigenvalue weighted by Crippen LogP contribution is -2.68. The minimum Gasteiger partial charge on any atom is -0.381 e. The van der Waals surface area contributed by atoms with Gasteiger partial charge in [0.15, 0.2) is 0 Å². The second-order valence-electron chi connectivity index (χ2n) is 6.98. The molecule has 23 heavy (non-hydrogen) atoms. The summed E-state index contributed by atoms with van der Waals surface area (Å²) in [4.78, 5) is 6.89. The van der Waals surface area contributed by atoms with Gasteiger partial charge in [0.25, 0.3) is 0 Å². The van der Waals surface area contributed by atoms with Crippen LogP contribution in [0.3, 0.4) is 0 Å². The molecule has 4 heterocycles. The summed E-state index contributed by atoms with van der Waals surface area (Å²) >= 11 is 0. The van der Waals surface area contributed by atoms with Crippen molar-refractivity contribution in [3.05, 3.63) is 30.1 Å². The van der Waals surface area contributed by atoms with E-state index in [1.165, 1.54) is 0 Å². The Hall–Kier alpha value is -1.01. The van der Waals surface area contributed by atoms with Gasteiger partial charge in [-0.05, 0) is 31.4 Å². The van der Waals surface area contributed by atoms with Gasteiger partial charge in [-0.25, -0.2) is 0 Å². The van der Waals surface area contributed by atoms with Gasteiger partial charge in [-0.1, -0.05) is 6.07 Å². The molecule has 1 atom stereocenters. The highest BCUT2D eigenvalue weighted by atomic mass is 16.5. The molecule has 4 rings (SSSR count). The minimum absolute atomic E-state index is 0.0441. The van der Waals surface area contributed by atoms with E-state index in [9.17, 15) is 0 Å². The molecule has 0 amide bonds. The fraction of sp³-hybridized carbons (Fsp3) is 0.722. The van der Waals surface area contributed by atoms with Crippen LogP contribution < -0.4 is 0 Å². The number of ether oxygens (including phenoxy) is 3. The summed E-state index contributed by atoms with van der Waals surface area (Å²) in [6.07, 6.45) is 5.26. The molecule has 0 aromatic carbocycles. The van der Waals surface area contributed by atoms with Crippen molar-refractivity contribution >= 4 is 0 Å². The van der Waals surface area contributed by atoms with Crippen molar-refractivity contribution in [2.75, 3.05) is 39.5 Å². The van der Waals surface area contributed by atoms with Crippen molar-refractivity contribution in [2.24, 2.45) is 5.92 Å². The lowest BCUT2D eigenvalue weighted by atomic mass is 9.79. The summed E-state index contributed by atoms with van der Waals surface area (Å²) in [6, 6.07) is 6.64. The van der Waals surface area contributed by atoms with Crippen LogP contribution in [0.5, 0.6) is 0 Å². The second-order valence-corrected chi connectivity index (χ2v) is 6.98. The maximum Gasteiger partial charge on any atom is 0.0985 e. The minimum atomic E-state index is 0.0441. The molecule has 3 fully saturated rings. The standard InChI is InChI=1S/C18H26N2O3/c1-2-7-19-16(3-1)12-22-11-15-4-10-23-18(15)13-20(14-18)17-5-8-21-9-6-17/h1-3,7,15,17H,4-6,8-14H2. The lowest BCUT2D eigenvalue weighted by Gasteiger charge is -2.54. The number of pyridine rings is 1. The molecule has 1 aromatic heterocycles. The Morgan fingerprint density at radius 2 is 2.04 bits per heavy atom. The molecule has 1 aromatic rings. The summed E-state index contributed by atoms with van der Waals surface area (Å²) < 4.78 is 17.5. The third-order valence-electron chi connectivity index (χ3n) is 5.54. The van der Waals surface area contributed by atoms with E-state index in [0.717, 1.165) is 64.5 Å². The van der Waals surface area contributed by atoms with Gasteiger partial charge in [0, 0.05) is 51.1 Å². The lowest BCUT2D eigenvalue weighted by molar-refractivity contribution is -0.164. The van der Waals surface area contributed by atoms with Crippen LogP contribution in [0.2, 0.25) is 0 Å². The van der Waals surface area contributed by atoms with E-state index in [2.05, 4.69) is 9.88 Å². The van der Waals surface area contributed by atoms with Crippen LogP contribution in [-0.2, 0) is 20.8 Å². The predicted octanol–water partition coefficient (Wildman–Crippen LogP) is 1.87. The fourth-order valence-corrected chi connectivity index (χ4v) is 4.11. The van der Waals surface area contributed by atoms with E-state index in [1.807, 2.05) is 24.4 Å². The topological polar surface area (TPSA) is 43.8 Å². The number of rotatable bonds is 5. The Kier molecular flexibility index (Phi) is 4.62. The van der Waals surface area contributed by atoms with Crippen molar-refractivity contribution in [3.63, 3.8) is 0 Å². The summed E-state index contributed by atoms with van der Waals surface area (Å²) in [6.45, 7) is 6.19. The van der Waals surface area contributed by atoms with E-state index in [0.29, 0.717) is 18.6 Å². The average Bonchev–Trinajstić information content (AvgIpc) is 2.99. The molecule has 3 saturated heterocycles. The van der Waals surface area contributed by atoms with Gasteiger partial charge in [-0.2, -0.15) is 0 Å². The molecular formula is C18H26N2O3. The summed E-state index contributed by atoms with van der Waals surface area (Å²) in [5.74, 6) is 0.516. The van der Waals surface area contributed by atoms with Crippen LogP contribution in [0.4, 0.5) is 0 Å². The second kappa shape index (κ2) is 6.85. The molecule has 3 aliphatic rings. The zero-order valence-electron chi connectivity index (χ0n) is 13.7. The SMILES string of the molecule is c1ccc(COCC2CCOC23CN(C2CCOCC2)C3)nc1. The maximum atomic E-state index is 6.14. The zero-order valence-corrected chi connectivity index (χ0v) is 13.7. The largest absolute Gasteiger partial charge is 0.381 e. The molecule has 1 spiro atoms. The average molecular weight is 318 g/mol. The number of aromatic nitrogens is 1. The Balaban J connectivity index is 1.26. The van der Waals surface area contributed by atoms with E-state index >= 15 is 0 Å². The predicted molar refractivity (Wildman–Crippen MR) is 86.1 cm³/mol. The third kappa shape index (κ3) is 3.29.